The van der Waals surface area contributed by atoms with Crippen molar-refractivity contribution >= 4 is 28.8 Å². The summed E-state index contributed by atoms with van der Waals surface area (Å²) >= 11 is 1.58. The average molecular weight is 380 g/mol. The van der Waals surface area contributed by atoms with E-state index in [2.05, 4.69) is 16.9 Å². The lowest BCUT2D eigenvalue weighted by Gasteiger charge is -2.28. The lowest BCUT2D eigenvalue weighted by molar-refractivity contribution is -0.125. The van der Waals surface area contributed by atoms with Crippen molar-refractivity contribution in [2.45, 2.75) is 12.8 Å². The number of nitrogens with one attached hydrogen (secondary N) is 1. The van der Waals surface area contributed by atoms with E-state index >= 15 is 0 Å². The van der Waals surface area contributed by atoms with Crippen LogP contribution in [0.15, 0.2) is 59.4 Å². The van der Waals surface area contributed by atoms with Gasteiger partial charge in [0.2, 0.25) is 5.91 Å². The number of hydrogen-bond acceptors (Lipinski definition) is 5. The quantitative estimate of drug-likeness (QED) is 0.885. The number of benzene rings is 1. The number of likely N-dealkylation sites (N-methyl/N-ethyl adjacent to an activating group) is 1. The minimum atomic E-state index is -0.140. The number of carbonyl (C=O) groups excluding carboxylic acids is 2. The van der Waals surface area contributed by atoms with E-state index in [1.807, 2.05) is 34.5 Å². The van der Waals surface area contributed by atoms with Crippen molar-refractivity contribution in [3.05, 3.63) is 59.4 Å². The number of rotatable bonds is 4. The number of thiazole rings is 1. The first kappa shape index (κ1) is 17.5. The summed E-state index contributed by atoms with van der Waals surface area (Å²) in [6, 6.07) is 7.61. The zero-order chi connectivity index (χ0) is 19.0. The van der Waals surface area contributed by atoms with E-state index in [-0.39, 0.29) is 18.4 Å². The molecule has 27 heavy (non-hydrogen) atoms. The van der Waals surface area contributed by atoms with Crippen molar-refractivity contribution in [1.82, 2.24) is 14.8 Å². The largest absolute Gasteiger partial charge is 0.357 e. The van der Waals surface area contributed by atoms with Crippen LogP contribution in [0, 0.1) is 0 Å². The Balaban J connectivity index is 1.44. The second-order valence-corrected chi connectivity index (χ2v) is 7.52. The first-order chi connectivity index (χ1) is 13.0. The second kappa shape index (κ2) is 7.00. The molecule has 2 amide bonds. The molecule has 2 aliphatic rings. The summed E-state index contributed by atoms with van der Waals surface area (Å²) in [5.74, 6) is -0.214. The Morgan fingerprint density at radius 2 is 2.11 bits per heavy atom. The third-order valence-corrected chi connectivity index (χ3v) is 5.72. The van der Waals surface area contributed by atoms with Crippen LogP contribution < -0.4 is 5.32 Å². The van der Waals surface area contributed by atoms with E-state index in [0.29, 0.717) is 12.2 Å². The topological polar surface area (TPSA) is 65.5 Å². The highest BCUT2D eigenvalue weighted by atomic mass is 32.1. The SMILES string of the molecule is C=C1C2=C(C(=O)N1C)N(CC(=O)Nc1ccc(-c3nccs3)cc1)CCC2. The summed E-state index contributed by atoms with van der Waals surface area (Å²) in [5.41, 5.74) is 4.09. The number of carbonyl (C=O) groups is 2. The number of allylic oxidation sites excluding steroid dienone is 1. The predicted octanol–water partition coefficient (Wildman–Crippen LogP) is 3.08. The van der Waals surface area contributed by atoms with Crippen molar-refractivity contribution in [2.75, 3.05) is 25.5 Å². The van der Waals surface area contributed by atoms with Crippen LogP contribution in [0.3, 0.4) is 0 Å². The minimum Gasteiger partial charge on any atom is -0.357 e. The molecule has 0 aliphatic carbocycles. The molecule has 0 saturated carbocycles. The summed E-state index contributed by atoms with van der Waals surface area (Å²) in [6.45, 7) is 4.85. The smallest absolute Gasteiger partial charge is 0.274 e. The second-order valence-electron chi connectivity index (χ2n) is 6.63. The number of aromatic nitrogens is 1. The van der Waals surface area contributed by atoms with Gasteiger partial charge in [0.05, 0.1) is 6.54 Å². The first-order valence-electron chi connectivity index (χ1n) is 8.80. The summed E-state index contributed by atoms with van der Waals surface area (Å²) in [5, 5.41) is 5.79. The maximum absolute atomic E-state index is 12.5. The van der Waals surface area contributed by atoms with E-state index in [1.54, 1.807) is 29.5 Å². The first-order valence-corrected chi connectivity index (χ1v) is 9.68. The van der Waals surface area contributed by atoms with Gasteiger partial charge in [0.25, 0.3) is 5.91 Å². The van der Waals surface area contributed by atoms with Gasteiger partial charge < -0.3 is 15.1 Å². The van der Waals surface area contributed by atoms with Gasteiger partial charge in [-0.2, -0.15) is 0 Å². The number of amides is 2. The highest BCUT2D eigenvalue weighted by Crippen LogP contribution is 2.35. The summed E-state index contributed by atoms with van der Waals surface area (Å²) in [7, 11) is 1.73. The molecular formula is C20H20N4O2S. The van der Waals surface area contributed by atoms with Gasteiger partial charge in [-0.05, 0) is 37.1 Å². The van der Waals surface area contributed by atoms with Gasteiger partial charge in [0.15, 0.2) is 0 Å². The van der Waals surface area contributed by atoms with Crippen LogP contribution in [-0.4, -0.2) is 46.7 Å². The third kappa shape index (κ3) is 3.26. The predicted molar refractivity (Wildman–Crippen MR) is 106 cm³/mol. The zero-order valence-electron chi connectivity index (χ0n) is 15.1. The lowest BCUT2D eigenvalue weighted by atomic mass is 10.0. The Morgan fingerprint density at radius 3 is 2.81 bits per heavy atom. The van der Waals surface area contributed by atoms with Crippen LogP contribution in [0.25, 0.3) is 10.6 Å². The maximum Gasteiger partial charge on any atom is 0.274 e. The fourth-order valence-corrected chi connectivity index (χ4v) is 4.14. The Labute approximate surface area is 161 Å². The summed E-state index contributed by atoms with van der Waals surface area (Å²) in [4.78, 5) is 32.7. The molecule has 0 radical (unpaired) electrons. The molecule has 1 aromatic heterocycles. The summed E-state index contributed by atoms with van der Waals surface area (Å²) < 4.78 is 0. The van der Waals surface area contributed by atoms with E-state index in [9.17, 15) is 9.59 Å². The van der Waals surface area contributed by atoms with Gasteiger partial charge in [-0.25, -0.2) is 4.98 Å². The highest BCUT2D eigenvalue weighted by molar-refractivity contribution is 7.13. The van der Waals surface area contributed by atoms with Crippen molar-refractivity contribution in [2.24, 2.45) is 0 Å². The average Bonchev–Trinajstić information content (AvgIpc) is 3.27. The molecule has 0 saturated heterocycles. The van der Waals surface area contributed by atoms with E-state index in [1.165, 1.54) is 0 Å². The molecule has 7 heteroatoms. The molecule has 4 rings (SSSR count). The monoisotopic (exact) mass is 380 g/mol. The molecule has 2 aromatic rings. The normalized spacial score (nSPS) is 16.8. The zero-order valence-corrected chi connectivity index (χ0v) is 15.9. The molecule has 0 bridgehead atoms. The van der Waals surface area contributed by atoms with Crippen LogP contribution in [-0.2, 0) is 9.59 Å². The molecule has 1 aromatic carbocycles. The van der Waals surface area contributed by atoms with Gasteiger partial charge in [-0.1, -0.05) is 6.58 Å². The number of hydrogen-bond donors (Lipinski definition) is 1. The van der Waals surface area contributed by atoms with Crippen molar-refractivity contribution < 1.29 is 9.59 Å². The van der Waals surface area contributed by atoms with E-state index in [0.717, 1.165) is 40.4 Å². The van der Waals surface area contributed by atoms with Gasteiger partial charge in [-0.3, -0.25) is 9.59 Å². The lowest BCUT2D eigenvalue weighted by Crippen LogP contribution is -2.38. The summed E-state index contributed by atoms with van der Waals surface area (Å²) in [6.07, 6.45) is 3.52. The molecule has 0 fully saturated rings. The van der Waals surface area contributed by atoms with Crippen molar-refractivity contribution in [3.63, 3.8) is 0 Å². The maximum atomic E-state index is 12.5. The Morgan fingerprint density at radius 1 is 1.33 bits per heavy atom. The molecule has 0 unspecified atom stereocenters. The Bertz CT molecular complexity index is 931. The van der Waals surface area contributed by atoms with Crippen LogP contribution in [0.4, 0.5) is 5.69 Å². The van der Waals surface area contributed by atoms with Crippen LogP contribution >= 0.6 is 11.3 Å². The van der Waals surface area contributed by atoms with Crippen molar-refractivity contribution in [1.29, 1.82) is 0 Å². The molecule has 138 valence electrons. The Hall–Kier alpha value is -2.93. The highest BCUT2D eigenvalue weighted by Gasteiger charge is 2.37. The van der Waals surface area contributed by atoms with Gasteiger partial charge in [0.1, 0.15) is 10.7 Å². The van der Waals surface area contributed by atoms with Crippen LogP contribution in [0.1, 0.15) is 12.8 Å². The fourth-order valence-electron chi connectivity index (χ4n) is 3.49. The Kier molecular flexibility index (Phi) is 4.53. The third-order valence-electron chi connectivity index (χ3n) is 4.90. The number of anilines is 1. The molecule has 0 atom stereocenters. The van der Waals surface area contributed by atoms with Gasteiger partial charge in [-0.15, -0.1) is 11.3 Å². The fraction of sp³-hybridized carbons (Fsp3) is 0.250. The van der Waals surface area contributed by atoms with E-state index < -0.39 is 0 Å². The molecule has 1 N–H and O–H groups in total. The molecule has 2 aliphatic heterocycles. The van der Waals surface area contributed by atoms with Crippen molar-refractivity contribution in [3.8, 4) is 10.6 Å². The van der Waals surface area contributed by atoms with Crippen LogP contribution in [0.2, 0.25) is 0 Å². The molecule has 0 spiro atoms. The van der Waals surface area contributed by atoms with Crippen LogP contribution in [0.5, 0.6) is 0 Å². The minimum absolute atomic E-state index is 0.0738. The number of nitrogens with zero attached hydrogens (tertiary/aromatic N) is 3. The van der Waals surface area contributed by atoms with Gasteiger partial charge >= 0.3 is 0 Å². The molecule has 3 heterocycles. The van der Waals surface area contributed by atoms with E-state index in [4.69, 9.17) is 0 Å². The molecular weight excluding hydrogens is 360 g/mol. The van der Waals surface area contributed by atoms with Gasteiger partial charge in [0, 0.05) is 47.7 Å². The standard InChI is InChI=1S/C20H20N4O2S/c1-13-16-4-3-10-24(18(16)20(26)23(13)2)12-17(25)22-15-7-5-14(6-8-15)19-21-9-11-27-19/h5-9,11H,1,3-4,10,12H2,2H3,(H,22,25). The molecule has 6 nitrogen and oxygen atoms in total.